The number of nitrogens with one attached hydrogen (secondary N) is 1. The highest BCUT2D eigenvalue weighted by molar-refractivity contribution is 5.32. The summed E-state index contributed by atoms with van der Waals surface area (Å²) in [7, 11) is 0. The van der Waals surface area contributed by atoms with Crippen molar-refractivity contribution in [3.05, 3.63) is 107 Å². The van der Waals surface area contributed by atoms with Crippen molar-refractivity contribution in [2.24, 2.45) is 0 Å². The van der Waals surface area contributed by atoms with Gasteiger partial charge in [0.2, 0.25) is 0 Å². The molecule has 0 aliphatic rings. The predicted molar refractivity (Wildman–Crippen MR) is 88.0 cm³/mol. The third-order valence-electron chi connectivity index (χ3n) is 3.69. The van der Waals surface area contributed by atoms with E-state index in [1.807, 2.05) is 48.5 Å². The van der Waals surface area contributed by atoms with Gasteiger partial charge in [0.1, 0.15) is 5.82 Å². The molecule has 0 aromatic heterocycles. The maximum Gasteiger partial charge on any atom is 0.123 e. The van der Waals surface area contributed by atoms with E-state index in [0.717, 1.165) is 12.1 Å². The third-order valence-corrected chi connectivity index (χ3v) is 3.69. The van der Waals surface area contributed by atoms with Crippen LogP contribution in [0.1, 0.15) is 22.7 Å². The first-order valence-electron chi connectivity index (χ1n) is 7.40. The fraction of sp³-hybridized carbons (Fsp3) is 0.100. The van der Waals surface area contributed by atoms with Gasteiger partial charge in [-0.15, -0.1) is 0 Å². The minimum atomic E-state index is -0.210. The largest absolute Gasteiger partial charge is 0.302 e. The Kier molecular flexibility index (Phi) is 4.62. The molecule has 0 bridgehead atoms. The molecule has 0 radical (unpaired) electrons. The summed E-state index contributed by atoms with van der Waals surface area (Å²) in [6.07, 6.45) is 0. The molecule has 0 unspecified atom stereocenters. The first-order valence-corrected chi connectivity index (χ1v) is 7.40. The van der Waals surface area contributed by atoms with E-state index in [9.17, 15) is 4.39 Å². The van der Waals surface area contributed by atoms with Gasteiger partial charge in [-0.3, -0.25) is 0 Å². The zero-order valence-electron chi connectivity index (χ0n) is 12.2. The maximum absolute atomic E-state index is 13.2. The van der Waals surface area contributed by atoms with Crippen molar-refractivity contribution in [2.75, 3.05) is 0 Å². The van der Waals surface area contributed by atoms with Crippen LogP contribution in [0, 0.1) is 5.82 Å². The minimum absolute atomic E-state index is 0.0435. The monoisotopic (exact) mass is 291 g/mol. The number of benzene rings is 3. The van der Waals surface area contributed by atoms with Crippen molar-refractivity contribution in [1.29, 1.82) is 0 Å². The molecule has 0 fully saturated rings. The Labute approximate surface area is 130 Å². The van der Waals surface area contributed by atoms with Crippen LogP contribution in [0.3, 0.4) is 0 Å². The molecule has 1 atom stereocenters. The molecule has 110 valence electrons. The summed E-state index contributed by atoms with van der Waals surface area (Å²) in [4.78, 5) is 0. The maximum atomic E-state index is 13.2. The zero-order chi connectivity index (χ0) is 15.2. The van der Waals surface area contributed by atoms with Gasteiger partial charge in [-0.1, -0.05) is 72.8 Å². The van der Waals surface area contributed by atoms with Gasteiger partial charge in [-0.25, -0.2) is 4.39 Å². The summed E-state index contributed by atoms with van der Waals surface area (Å²) in [6.45, 7) is 0.762. The third kappa shape index (κ3) is 3.60. The molecule has 0 saturated heterocycles. The Morgan fingerprint density at radius 3 is 1.86 bits per heavy atom. The molecule has 0 aliphatic carbocycles. The molecular formula is C20H18FN. The van der Waals surface area contributed by atoms with Crippen LogP contribution in [0.15, 0.2) is 84.9 Å². The van der Waals surface area contributed by atoms with E-state index in [2.05, 4.69) is 29.6 Å². The Morgan fingerprint density at radius 2 is 1.23 bits per heavy atom. The summed E-state index contributed by atoms with van der Waals surface area (Å²) >= 11 is 0. The van der Waals surface area contributed by atoms with Crippen LogP contribution in [0.5, 0.6) is 0 Å². The van der Waals surface area contributed by atoms with Gasteiger partial charge in [0.15, 0.2) is 0 Å². The summed E-state index contributed by atoms with van der Waals surface area (Å²) < 4.78 is 13.2. The number of halogens is 1. The standard InChI is InChI=1S/C20H18FN/c21-19-13-11-18(12-14-19)20(17-9-5-2-6-10-17)22-15-16-7-3-1-4-8-16/h1-14,20,22H,15H2/t20-/m1/s1. The van der Waals surface area contributed by atoms with Crippen LogP contribution in [0.2, 0.25) is 0 Å². The molecule has 22 heavy (non-hydrogen) atoms. The second-order valence-electron chi connectivity index (χ2n) is 5.26. The fourth-order valence-electron chi connectivity index (χ4n) is 2.54. The molecule has 1 N–H and O–H groups in total. The lowest BCUT2D eigenvalue weighted by Crippen LogP contribution is -2.22. The van der Waals surface area contributed by atoms with Crippen molar-refractivity contribution in [3.63, 3.8) is 0 Å². The fourth-order valence-corrected chi connectivity index (χ4v) is 2.54. The topological polar surface area (TPSA) is 12.0 Å². The highest BCUT2D eigenvalue weighted by Gasteiger charge is 2.13. The minimum Gasteiger partial charge on any atom is -0.302 e. The van der Waals surface area contributed by atoms with Crippen LogP contribution < -0.4 is 5.32 Å². The number of rotatable bonds is 5. The summed E-state index contributed by atoms with van der Waals surface area (Å²) in [5.41, 5.74) is 3.46. The van der Waals surface area contributed by atoms with Crippen LogP contribution >= 0.6 is 0 Å². The Balaban J connectivity index is 1.85. The van der Waals surface area contributed by atoms with E-state index in [1.54, 1.807) is 0 Å². The molecule has 1 nitrogen and oxygen atoms in total. The summed E-state index contributed by atoms with van der Waals surface area (Å²) in [6, 6.07) is 27.2. The van der Waals surface area contributed by atoms with Gasteiger partial charge in [0, 0.05) is 6.54 Å². The van der Waals surface area contributed by atoms with Crippen LogP contribution in [-0.2, 0) is 6.54 Å². The van der Waals surface area contributed by atoms with E-state index in [-0.39, 0.29) is 11.9 Å². The lowest BCUT2D eigenvalue weighted by Gasteiger charge is -2.20. The van der Waals surface area contributed by atoms with E-state index in [4.69, 9.17) is 0 Å². The highest BCUT2D eigenvalue weighted by atomic mass is 19.1. The molecule has 3 aromatic carbocycles. The predicted octanol–water partition coefficient (Wildman–Crippen LogP) is 4.70. The molecule has 0 amide bonds. The Hall–Kier alpha value is -2.45. The Bertz CT molecular complexity index is 693. The van der Waals surface area contributed by atoms with Gasteiger partial charge in [0.05, 0.1) is 6.04 Å². The van der Waals surface area contributed by atoms with Gasteiger partial charge in [0.25, 0.3) is 0 Å². The normalized spacial score (nSPS) is 12.0. The molecule has 0 spiro atoms. The SMILES string of the molecule is Fc1ccc([C@H](NCc2ccccc2)c2ccccc2)cc1. The highest BCUT2D eigenvalue weighted by Crippen LogP contribution is 2.22. The van der Waals surface area contributed by atoms with E-state index < -0.39 is 0 Å². The average Bonchev–Trinajstić information content (AvgIpc) is 2.58. The van der Waals surface area contributed by atoms with E-state index in [1.165, 1.54) is 23.3 Å². The number of hydrogen-bond donors (Lipinski definition) is 1. The lowest BCUT2D eigenvalue weighted by molar-refractivity contribution is 0.598. The molecule has 0 saturated carbocycles. The molecular weight excluding hydrogens is 273 g/mol. The van der Waals surface area contributed by atoms with Crippen molar-refractivity contribution >= 4 is 0 Å². The smallest absolute Gasteiger partial charge is 0.123 e. The first-order chi connectivity index (χ1) is 10.8. The zero-order valence-corrected chi connectivity index (χ0v) is 12.2. The molecule has 3 aromatic rings. The van der Waals surface area contributed by atoms with Gasteiger partial charge >= 0.3 is 0 Å². The van der Waals surface area contributed by atoms with Gasteiger partial charge < -0.3 is 5.32 Å². The lowest BCUT2D eigenvalue weighted by atomic mass is 9.98. The van der Waals surface area contributed by atoms with E-state index >= 15 is 0 Å². The van der Waals surface area contributed by atoms with Gasteiger partial charge in [-0.2, -0.15) is 0 Å². The molecule has 3 rings (SSSR count). The van der Waals surface area contributed by atoms with Crippen molar-refractivity contribution < 1.29 is 4.39 Å². The number of hydrogen-bond acceptors (Lipinski definition) is 1. The van der Waals surface area contributed by atoms with Gasteiger partial charge in [-0.05, 0) is 28.8 Å². The quantitative estimate of drug-likeness (QED) is 0.718. The van der Waals surface area contributed by atoms with Crippen LogP contribution in [0.4, 0.5) is 4.39 Å². The van der Waals surface area contributed by atoms with Crippen LogP contribution in [-0.4, -0.2) is 0 Å². The van der Waals surface area contributed by atoms with Crippen molar-refractivity contribution in [3.8, 4) is 0 Å². The summed E-state index contributed by atoms with van der Waals surface area (Å²) in [5, 5.41) is 3.57. The molecule has 0 heterocycles. The summed E-state index contributed by atoms with van der Waals surface area (Å²) in [5.74, 6) is -0.210. The van der Waals surface area contributed by atoms with Crippen molar-refractivity contribution in [1.82, 2.24) is 5.32 Å². The molecule has 2 heteroatoms. The average molecular weight is 291 g/mol. The van der Waals surface area contributed by atoms with E-state index in [0.29, 0.717) is 0 Å². The van der Waals surface area contributed by atoms with Crippen LogP contribution in [0.25, 0.3) is 0 Å². The second kappa shape index (κ2) is 7.01. The second-order valence-corrected chi connectivity index (χ2v) is 5.26. The first kappa shape index (κ1) is 14.5. The molecule has 0 aliphatic heterocycles. The van der Waals surface area contributed by atoms with Crippen molar-refractivity contribution in [2.45, 2.75) is 12.6 Å². The Morgan fingerprint density at radius 1 is 0.682 bits per heavy atom.